The maximum Gasteiger partial charge on any atom is 0.282 e. The maximum atomic E-state index is 13.3. The third-order valence-electron chi connectivity index (χ3n) is 5.50. The summed E-state index contributed by atoms with van der Waals surface area (Å²) in [4.78, 5) is 11.2. The van der Waals surface area contributed by atoms with Gasteiger partial charge in [-0.2, -0.15) is 17.0 Å². The summed E-state index contributed by atoms with van der Waals surface area (Å²) in [7, 11) is 0.320. The van der Waals surface area contributed by atoms with Gasteiger partial charge in [0.15, 0.2) is 0 Å². The summed E-state index contributed by atoms with van der Waals surface area (Å²) in [6.45, 7) is 1.77. The molecule has 7 nitrogen and oxygen atoms in total. The third-order valence-corrected chi connectivity index (χ3v) is 7.54. The van der Waals surface area contributed by atoms with Crippen molar-refractivity contribution >= 4 is 16.2 Å². The second kappa shape index (κ2) is 7.77. The lowest BCUT2D eigenvalue weighted by Gasteiger charge is -2.29. The Kier molecular flexibility index (Phi) is 5.35. The van der Waals surface area contributed by atoms with E-state index in [9.17, 15) is 8.42 Å². The molecule has 0 saturated carbocycles. The molecule has 0 unspecified atom stereocenters. The summed E-state index contributed by atoms with van der Waals surface area (Å²) >= 11 is 0. The molecule has 3 heterocycles. The van der Waals surface area contributed by atoms with Gasteiger partial charge in [-0.15, -0.1) is 0 Å². The lowest BCUT2D eigenvalue weighted by molar-refractivity contribution is 0.345. The van der Waals surface area contributed by atoms with Crippen LogP contribution in [0, 0.1) is 0 Å². The second-order valence-electron chi connectivity index (χ2n) is 7.61. The average Bonchev–Trinajstić information content (AvgIpc) is 3.40. The lowest BCUT2D eigenvalue weighted by atomic mass is 10.0. The Bertz CT molecular complexity index is 927. The van der Waals surface area contributed by atoms with Gasteiger partial charge in [0, 0.05) is 45.5 Å². The van der Waals surface area contributed by atoms with Gasteiger partial charge in [-0.3, -0.25) is 0 Å². The molecule has 2 fully saturated rings. The molecule has 150 valence electrons. The molecule has 8 heteroatoms. The fourth-order valence-electron chi connectivity index (χ4n) is 4.05. The van der Waals surface area contributed by atoms with Crippen molar-refractivity contribution in [3.05, 3.63) is 42.2 Å². The predicted molar refractivity (Wildman–Crippen MR) is 110 cm³/mol. The van der Waals surface area contributed by atoms with Crippen LogP contribution >= 0.6 is 0 Å². The highest BCUT2D eigenvalue weighted by Gasteiger charge is 2.41. The van der Waals surface area contributed by atoms with Gasteiger partial charge in [0.25, 0.3) is 10.2 Å². The van der Waals surface area contributed by atoms with Crippen molar-refractivity contribution in [2.45, 2.75) is 31.7 Å². The number of benzene rings is 1. The first-order chi connectivity index (χ1) is 13.5. The van der Waals surface area contributed by atoms with E-state index in [0.717, 1.165) is 42.5 Å². The largest absolute Gasteiger partial charge is 0.347 e. The average molecular weight is 402 g/mol. The van der Waals surface area contributed by atoms with Crippen LogP contribution in [-0.2, 0) is 10.2 Å². The quantitative estimate of drug-likeness (QED) is 0.770. The third kappa shape index (κ3) is 3.52. The molecule has 0 bridgehead atoms. The summed E-state index contributed by atoms with van der Waals surface area (Å²) in [6, 6.07) is 9.70. The molecule has 2 aromatic rings. The molecule has 0 radical (unpaired) electrons. The van der Waals surface area contributed by atoms with Crippen LogP contribution in [0.1, 0.15) is 37.4 Å². The fourth-order valence-corrected chi connectivity index (χ4v) is 5.95. The van der Waals surface area contributed by atoms with Crippen molar-refractivity contribution in [1.82, 2.24) is 18.6 Å². The van der Waals surface area contributed by atoms with E-state index in [-0.39, 0.29) is 6.04 Å². The summed E-state index contributed by atoms with van der Waals surface area (Å²) in [6.07, 6.45) is 5.31. The van der Waals surface area contributed by atoms with Crippen molar-refractivity contribution in [1.29, 1.82) is 0 Å². The first kappa shape index (κ1) is 19.3. The van der Waals surface area contributed by atoms with Gasteiger partial charge >= 0.3 is 0 Å². The van der Waals surface area contributed by atoms with Crippen LogP contribution in [0.5, 0.6) is 0 Å². The van der Waals surface area contributed by atoms with Crippen LogP contribution in [-0.4, -0.2) is 60.7 Å². The molecule has 0 spiro atoms. The first-order valence-electron chi connectivity index (χ1n) is 9.85. The van der Waals surface area contributed by atoms with Gasteiger partial charge in [-0.05, 0) is 31.2 Å². The van der Waals surface area contributed by atoms with Gasteiger partial charge in [0.1, 0.15) is 0 Å². The number of nitrogens with zero attached hydrogens (tertiary/aromatic N) is 5. The lowest BCUT2D eigenvalue weighted by Crippen LogP contribution is -2.42. The predicted octanol–water partition coefficient (Wildman–Crippen LogP) is 2.69. The van der Waals surface area contributed by atoms with E-state index in [4.69, 9.17) is 4.98 Å². The Balaban J connectivity index is 1.79. The molecular weight excluding hydrogens is 374 g/mol. The minimum atomic E-state index is -3.48. The minimum Gasteiger partial charge on any atom is -0.347 e. The van der Waals surface area contributed by atoms with E-state index >= 15 is 0 Å². The molecule has 4 rings (SSSR count). The summed E-state index contributed by atoms with van der Waals surface area (Å²) in [5.41, 5.74) is 2.71. The summed E-state index contributed by atoms with van der Waals surface area (Å²) in [5.74, 6) is 0.597. The maximum absolute atomic E-state index is 13.3. The molecule has 2 aliphatic heterocycles. The van der Waals surface area contributed by atoms with E-state index in [0.29, 0.717) is 25.6 Å². The van der Waals surface area contributed by atoms with E-state index in [1.807, 2.05) is 55.5 Å². The van der Waals surface area contributed by atoms with Crippen molar-refractivity contribution in [2.24, 2.45) is 0 Å². The van der Waals surface area contributed by atoms with Crippen LogP contribution in [0.15, 0.2) is 36.5 Å². The number of aromatic nitrogens is 2. The zero-order valence-corrected chi connectivity index (χ0v) is 17.3. The molecule has 1 aromatic heterocycles. The molecule has 2 saturated heterocycles. The Labute approximate surface area is 167 Å². The van der Waals surface area contributed by atoms with Crippen LogP contribution < -0.4 is 4.90 Å². The Morgan fingerprint density at radius 3 is 2.43 bits per heavy atom. The normalized spacial score (nSPS) is 21.3. The van der Waals surface area contributed by atoms with Crippen molar-refractivity contribution in [2.75, 3.05) is 38.6 Å². The molecule has 2 aliphatic rings. The number of rotatable bonds is 5. The monoisotopic (exact) mass is 401 g/mol. The van der Waals surface area contributed by atoms with Crippen LogP contribution in [0.2, 0.25) is 0 Å². The van der Waals surface area contributed by atoms with Gasteiger partial charge in [-0.1, -0.05) is 30.3 Å². The Morgan fingerprint density at radius 2 is 1.75 bits per heavy atom. The summed E-state index contributed by atoms with van der Waals surface area (Å²) in [5, 5.41) is 0. The highest BCUT2D eigenvalue weighted by atomic mass is 32.2. The Hall–Kier alpha value is -2.03. The van der Waals surface area contributed by atoms with Gasteiger partial charge in [0.05, 0.1) is 11.7 Å². The fraction of sp³-hybridized carbons (Fsp3) is 0.500. The summed E-state index contributed by atoms with van der Waals surface area (Å²) < 4.78 is 29.9. The molecule has 1 atom stereocenters. The van der Waals surface area contributed by atoms with E-state index < -0.39 is 10.2 Å². The minimum absolute atomic E-state index is 0.262. The van der Waals surface area contributed by atoms with Crippen molar-refractivity contribution in [3.8, 4) is 11.1 Å². The number of anilines is 1. The molecule has 0 aliphatic carbocycles. The molecule has 0 amide bonds. The highest BCUT2D eigenvalue weighted by molar-refractivity contribution is 7.86. The van der Waals surface area contributed by atoms with Crippen molar-refractivity contribution in [3.63, 3.8) is 0 Å². The van der Waals surface area contributed by atoms with Crippen LogP contribution in [0.25, 0.3) is 11.1 Å². The molecular formula is C20H27N5O2S. The SMILES string of the molecule is CN(C)c1ncc(-c2ccccc2)c([C@H]2CCCN2S(=O)(=O)N2CCCC2)n1. The van der Waals surface area contributed by atoms with Gasteiger partial charge in [0.2, 0.25) is 5.95 Å². The van der Waals surface area contributed by atoms with E-state index in [1.165, 1.54) is 0 Å². The molecule has 0 N–H and O–H groups in total. The zero-order valence-electron chi connectivity index (χ0n) is 16.5. The smallest absolute Gasteiger partial charge is 0.282 e. The van der Waals surface area contributed by atoms with E-state index in [2.05, 4.69) is 4.98 Å². The van der Waals surface area contributed by atoms with Crippen LogP contribution in [0.4, 0.5) is 5.95 Å². The topological polar surface area (TPSA) is 69.6 Å². The van der Waals surface area contributed by atoms with Crippen molar-refractivity contribution < 1.29 is 8.42 Å². The zero-order chi connectivity index (χ0) is 19.7. The second-order valence-corrected chi connectivity index (χ2v) is 9.49. The number of hydrogen-bond donors (Lipinski definition) is 0. The first-order valence-corrected chi connectivity index (χ1v) is 11.2. The van der Waals surface area contributed by atoms with Gasteiger partial charge in [-0.25, -0.2) is 9.97 Å². The molecule has 28 heavy (non-hydrogen) atoms. The van der Waals surface area contributed by atoms with E-state index in [1.54, 1.807) is 8.61 Å². The number of hydrogen-bond acceptors (Lipinski definition) is 5. The standard InChI is InChI=1S/C20H27N5O2S/c1-23(2)20-21-15-17(16-9-4-3-5-10-16)19(22-20)18-11-8-14-25(18)28(26,27)24-12-6-7-13-24/h3-5,9-10,15,18H,6-8,11-14H2,1-2H3/t18-/m1/s1. The Morgan fingerprint density at radius 1 is 1.04 bits per heavy atom. The highest BCUT2D eigenvalue weighted by Crippen LogP contribution is 2.39. The van der Waals surface area contributed by atoms with Crippen LogP contribution in [0.3, 0.4) is 0 Å². The molecule has 1 aromatic carbocycles. The van der Waals surface area contributed by atoms with Gasteiger partial charge < -0.3 is 4.90 Å².